The molecule has 1 atom stereocenters. The number of nitrogens with zero attached hydrogens (tertiary/aromatic N) is 1. The van der Waals surface area contributed by atoms with Gasteiger partial charge in [-0.3, -0.25) is 0 Å². The summed E-state index contributed by atoms with van der Waals surface area (Å²) in [6, 6.07) is 9.07. The van der Waals surface area contributed by atoms with Crippen molar-refractivity contribution in [1.29, 1.82) is 0 Å². The minimum atomic E-state index is -1.18. The Bertz CT molecular complexity index is 822. The second-order valence-electron chi connectivity index (χ2n) is 6.67. The molecule has 1 aromatic heterocycles. The quantitative estimate of drug-likeness (QED) is 0.215. The maximum absolute atomic E-state index is 10.6. The summed E-state index contributed by atoms with van der Waals surface area (Å²) >= 11 is 0. The molecule has 1 unspecified atom stereocenters. The van der Waals surface area contributed by atoms with Crippen LogP contribution in [0.3, 0.4) is 0 Å². The minimum absolute atomic E-state index is 0. The van der Waals surface area contributed by atoms with Gasteiger partial charge in [0.25, 0.3) is 0 Å². The monoisotopic (exact) mass is 517 g/mol. The Kier molecular flexibility index (Phi) is 8.45. The van der Waals surface area contributed by atoms with Gasteiger partial charge < -0.3 is 34.4 Å². The SMILES string of the molecule is CCNC(=NCC(C)(O)c1ccc(C)o1)NCCOc1ccc2c(c1)OCO2.I. The van der Waals surface area contributed by atoms with Gasteiger partial charge in [-0.25, -0.2) is 4.99 Å². The van der Waals surface area contributed by atoms with Gasteiger partial charge in [-0.1, -0.05) is 0 Å². The highest BCUT2D eigenvalue weighted by atomic mass is 127. The Labute approximate surface area is 187 Å². The van der Waals surface area contributed by atoms with Gasteiger partial charge in [0.05, 0.1) is 13.1 Å². The molecular formula is C20H28IN3O5. The second-order valence-corrected chi connectivity index (χ2v) is 6.67. The fraction of sp³-hybridized carbons (Fsp3) is 0.450. The number of guanidine groups is 1. The van der Waals surface area contributed by atoms with Crippen LogP contribution in [-0.4, -0.2) is 44.1 Å². The third kappa shape index (κ3) is 6.43. The van der Waals surface area contributed by atoms with Crippen molar-refractivity contribution < 1.29 is 23.7 Å². The van der Waals surface area contributed by atoms with E-state index in [2.05, 4.69) is 15.6 Å². The highest BCUT2D eigenvalue weighted by Crippen LogP contribution is 2.35. The van der Waals surface area contributed by atoms with Crippen molar-refractivity contribution in [1.82, 2.24) is 10.6 Å². The van der Waals surface area contributed by atoms with Crippen LogP contribution in [0.5, 0.6) is 17.2 Å². The van der Waals surface area contributed by atoms with E-state index in [1.165, 1.54) is 0 Å². The van der Waals surface area contributed by atoms with Gasteiger partial charge >= 0.3 is 0 Å². The molecule has 0 radical (unpaired) electrons. The molecule has 2 heterocycles. The van der Waals surface area contributed by atoms with E-state index in [0.29, 0.717) is 42.9 Å². The lowest BCUT2D eigenvalue weighted by Gasteiger charge is -2.19. The molecule has 8 nitrogen and oxygen atoms in total. The highest BCUT2D eigenvalue weighted by Gasteiger charge is 2.26. The van der Waals surface area contributed by atoms with Crippen molar-refractivity contribution in [3.05, 3.63) is 41.9 Å². The number of fused-ring (bicyclic) bond motifs is 1. The molecule has 0 fully saturated rings. The van der Waals surface area contributed by atoms with Crippen LogP contribution in [0.1, 0.15) is 25.4 Å². The number of benzene rings is 1. The molecule has 0 saturated heterocycles. The summed E-state index contributed by atoms with van der Waals surface area (Å²) in [7, 11) is 0. The standard InChI is InChI=1S/C20H27N3O5.HI/c1-4-21-19(23-12-20(3,24)18-8-5-14(2)28-18)22-9-10-25-15-6-7-16-17(11-15)27-13-26-16;/h5-8,11,24H,4,9-10,12-13H2,1-3H3,(H2,21,22,23);1H. The van der Waals surface area contributed by atoms with Crippen LogP contribution in [0.2, 0.25) is 0 Å². The van der Waals surface area contributed by atoms with E-state index in [1.807, 2.05) is 38.1 Å². The van der Waals surface area contributed by atoms with E-state index < -0.39 is 5.60 Å². The van der Waals surface area contributed by atoms with E-state index in [9.17, 15) is 5.11 Å². The Balaban J connectivity index is 0.00000300. The smallest absolute Gasteiger partial charge is 0.231 e. The molecule has 3 rings (SSSR count). The van der Waals surface area contributed by atoms with Crippen LogP contribution in [-0.2, 0) is 5.60 Å². The van der Waals surface area contributed by atoms with Crippen molar-refractivity contribution in [3.8, 4) is 17.2 Å². The molecule has 0 aliphatic carbocycles. The maximum atomic E-state index is 10.6. The average molecular weight is 517 g/mol. The molecule has 1 aliphatic rings. The first kappa shape index (κ1) is 23.1. The summed E-state index contributed by atoms with van der Waals surface area (Å²) in [6.07, 6.45) is 0. The number of halogens is 1. The molecule has 160 valence electrons. The highest BCUT2D eigenvalue weighted by molar-refractivity contribution is 14.0. The predicted molar refractivity (Wildman–Crippen MR) is 120 cm³/mol. The third-order valence-corrected chi connectivity index (χ3v) is 4.17. The number of rotatable bonds is 8. The predicted octanol–water partition coefficient (Wildman–Crippen LogP) is 2.78. The molecule has 1 aromatic carbocycles. The van der Waals surface area contributed by atoms with Crippen molar-refractivity contribution >= 4 is 29.9 Å². The molecule has 1 aliphatic heterocycles. The third-order valence-electron chi connectivity index (χ3n) is 4.17. The largest absolute Gasteiger partial charge is 0.492 e. The summed E-state index contributed by atoms with van der Waals surface area (Å²) in [6.45, 7) is 7.60. The van der Waals surface area contributed by atoms with Crippen LogP contribution >= 0.6 is 24.0 Å². The van der Waals surface area contributed by atoms with E-state index in [4.69, 9.17) is 18.6 Å². The zero-order valence-corrected chi connectivity index (χ0v) is 19.2. The summed E-state index contributed by atoms with van der Waals surface area (Å²) in [4.78, 5) is 4.45. The molecule has 2 aromatic rings. The van der Waals surface area contributed by atoms with Gasteiger partial charge in [-0.05, 0) is 45.0 Å². The molecule has 0 saturated carbocycles. The minimum Gasteiger partial charge on any atom is -0.492 e. The number of furan rings is 1. The van der Waals surface area contributed by atoms with E-state index in [1.54, 1.807) is 13.0 Å². The number of aliphatic hydroxyl groups is 1. The summed E-state index contributed by atoms with van der Waals surface area (Å²) in [5.74, 6) is 3.98. The van der Waals surface area contributed by atoms with Gasteiger partial charge in [-0.15, -0.1) is 24.0 Å². The van der Waals surface area contributed by atoms with Crippen LogP contribution in [0.15, 0.2) is 39.7 Å². The first-order valence-electron chi connectivity index (χ1n) is 9.32. The topological polar surface area (TPSA) is 97.5 Å². The molecule has 29 heavy (non-hydrogen) atoms. The molecule has 9 heteroatoms. The number of hydrogen-bond donors (Lipinski definition) is 3. The lowest BCUT2D eigenvalue weighted by Crippen LogP contribution is -2.40. The average Bonchev–Trinajstić information content (AvgIpc) is 3.31. The lowest BCUT2D eigenvalue weighted by atomic mass is 10.0. The number of ether oxygens (including phenoxy) is 3. The second kappa shape index (κ2) is 10.6. The van der Waals surface area contributed by atoms with Crippen molar-refractivity contribution in [2.45, 2.75) is 26.4 Å². The molecule has 0 amide bonds. The number of aryl methyl sites for hydroxylation is 1. The number of aliphatic imine (C=N–C) groups is 1. The Morgan fingerprint density at radius 2 is 2.00 bits per heavy atom. The van der Waals surface area contributed by atoms with Gasteiger partial charge in [0, 0.05) is 12.6 Å². The zero-order chi connectivity index (χ0) is 20.0. The maximum Gasteiger partial charge on any atom is 0.231 e. The van der Waals surface area contributed by atoms with E-state index in [0.717, 1.165) is 11.5 Å². The first-order chi connectivity index (χ1) is 13.5. The summed E-state index contributed by atoms with van der Waals surface area (Å²) < 4.78 is 21.9. The number of hydrogen-bond acceptors (Lipinski definition) is 6. The molecule has 0 bridgehead atoms. The van der Waals surface area contributed by atoms with E-state index in [-0.39, 0.29) is 37.3 Å². The molecule has 3 N–H and O–H groups in total. The van der Waals surface area contributed by atoms with Crippen LogP contribution in [0, 0.1) is 6.92 Å². The van der Waals surface area contributed by atoms with Crippen LogP contribution in [0.4, 0.5) is 0 Å². The first-order valence-corrected chi connectivity index (χ1v) is 9.32. The fourth-order valence-electron chi connectivity index (χ4n) is 2.68. The number of nitrogens with one attached hydrogen (secondary N) is 2. The Morgan fingerprint density at radius 1 is 1.21 bits per heavy atom. The zero-order valence-electron chi connectivity index (χ0n) is 16.9. The Hall–Kier alpha value is -2.14. The van der Waals surface area contributed by atoms with Gasteiger partial charge in [0.2, 0.25) is 6.79 Å². The normalized spacial score (nSPS) is 14.7. The Morgan fingerprint density at radius 3 is 2.72 bits per heavy atom. The van der Waals surface area contributed by atoms with Crippen LogP contribution < -0.4 is 24.8 Å². The van der Waals surface area contributed by atoms with Gasteiger partial charge in [0.1, 0.15) is 29.5 Å². The molecule has 0 spiro atoms. The fourth-order valence-corrected chi connectivity index (χ4v) is 2.68. The lowest BCUT2D eigenvalue weighted by molar-refractivity contribution is 0.0428. The summed E-state index contributed by atoms with van der Waals surface area (Å²) in [5, 5.41) is 16.9. The van der Waals surface area contributed by atoms with Crippen molar-refractivity contribution in [3.63, 3.8) is 0 Å². The van der Waals surface area contributed by atoms with Crippen LogP contribution in [0.25, 0.3) is 0 Å². The van der Waals surface area contributed by atoms with E-state index >= 15 is 0 Å². The van der Waals surface area contributed by atoms with Gasteiger partial charge in [0.15, 0.2) is 17.5 Å². The van der Waals surface area contributed by atoms with Crippen molar-refractivity contribution in [2.75, 3.05) is 33.0 Å². The summed E-state index contributed by atoms with van der Waals surface area (Å²) in [5.41, 5.74) is -1.18. The van der Waals surface area contributed by atoms with Gasteiger partial charge in [-0.2, -0.15) is 0 Å². The van der Waals surface area contributed by atoms with Crippen molar-refractivity contribution in [2.24, 2.45) is 4.99 Å². The molecular weight excluding hydrogens is 489 g/mol.